The molecule has 0 radical (unpaired) electrons. The molecule has 7 heteroatoms. The van der Waals surface area contributed by atoms with Gasteiger partial charge in [0.1, 0.15) is 6.54 Å². The van der Waals surface area contributed by atoms with E-state index in [1.807, 2.05) is 52.7 Å². The van der Waals surface area contributed by atoms with Crippen molar-refractivity contribution < 1.29 is 4.79 Å². The van der Waals surface area contributed by atoms with Crippen molar-refractivity contribution in [3.63, 3.8) is 0 Å². The van der Waals surface area contributed by atoms with E-state index >= 15 is 0 Å². The Hall–Kier alpha value is -3.19. The summed E-state index contributed by atoms with van der Waals surface area (Å²) in [5.41, 5.74) is 2.41. The molecule has 0 aliphatic carbocycles. The van der Waals surface area contributed by atoms with Gasteiger partial charge < -0.3 is 4.90 Å². The van der Waals surface area contributed by atoms with Gasteiger partial charge in [0.15, 0.2) is 5.65 Å². The molecule has 1 aliphatic rings. The van der Waals surface area contributed by atoms with Crippen molar-refractivity contribution in [2.24, 2.45) is 0 Å². The van der Waals surface area contributed by atoms with Crippen LogP contribution in [0.15, 0.2) is 71.0 Å². The maximum atomic E-state index is 13.2. The standard InChI is InChI=1S/C24H24N4O2S/c29-22(26-13-5-9-19(15-26)18-7-2-1-3-8-18)17-27-21-11-4-12-25-23(21)28(24(27)30)16-20-10-6-14-31-20/h1-4,6-8,10-12,14,19H,5,9,13,15-17H2. The number of aromatic nitrogens is 3. The summed E-state index contributed by atoms with van der Waals surface area (Å²) in [5, 5.41) is 2.00. The van der Waals surface area contributed by atoms with Crippen LogP contribution in [0.5, 0.6) is 0 Å². The summed E-state index contributed by atoms with van der Waals surface area (Å²) in [5.74, 6) is 0.333. The minimum atomic E-state index is -0.188. The zero-order valence-electron chi connectivity index (χ0n) is 17.2. The van der Waals surface area contributed by atoms with Gasteiger partial charge in [-0.05, 0) is 42.0 Å². The third kappa shape index (κ3) is 3.93. The molecule has 0 spiro atoms. The maximum Gasteiger partial charge on any atom is 0.331 e. The SMILES string of the molecule is O=C(Cn1c(=O)n(Cc2cccs2)c2ncccc21)N1CCCC(c2ccccc2)C1. The molecule has 31 heavy (non-hydrogen) atoms. The fourth-order valence-corrected chi connectivity index (χ4v) is 5.13. The third-order valence-corrected chi connectivity index (χ3v) is 6.87. The molecule has 1 amide bonds. The largest absolute Gasteiger partial charge is 0.341 e. The molecule has 1 aliphatic heterocycles. The highest BCUT2D eigenvalue weighted by Gasteiger charge is 2.26. The molecule has 4 aromatic rings. The lowest BCUT2D eigenvalue weighted by Crippen LogP contribution is -2.42. The highest BCUT2D eigenvalue weighted by Crippen LogP contribution is 2.27. The van der Waals surface area contributed by atoms with Crippen LogP contribution in [-0.2, 0) is 17.9 Å². The predicted octanol–water partition coefficient (Wildman–Crippen LogP) is 3.71. The number of thiophene rings is 1. The van der Waals surface area contributed by atoms with Crippen LogP contribution in [-0.4, -0.2) is 38.0 Å². The van der Waals surface area contributed by atoms with Gasteiger partial charge >= 0.3 is 5.69 Å². The summed E-state index contributed by atoms with van der Waals surface area (Å²) in [6.45, 7) is 1.94. The lowest BCUT2D eigenvalue weighted by Gasteiger charge is -2.33. The van der Waals surface area contributed by atoms with Crippen LogP contribution in [0.25, 0.3) is 11.2 Å². The van der Waals surface area contributed by atoms with E-state index in [9.17, 15) is 9.59 Å². The van der Waals surface area contributed by atoms with Crippen LogP contribution in [0.2, 0.25) is 0 Å². The topological polar surface area (TPSA) is 60.1 Å². The normalized spacial score (nSPS) is 16.6. The van der Waals surface area contributed by atoms with Gasteiger partial charge in [0, 0.05) is 30.1 Å². The summed E-state index contributed by atoms with van der Waals surface area (Å²) in [6, 6.07) is 18.0. The predicted molar refractivity (Wildman–Crippen MR) is 122 cm³/mol. The van der Waals surface area contributed by atoms with Crippen LogP contribution in [0.3, 0.4) is 0 Å². The van der Waals surface area contributed by atoms with E-state index in [0.717, 1.165) is 24.3 Å². The van der Waals surface area contributed by atoms with Crippen molar-refractivity contribution in [2.45, 2.75) is 31.8 Å². The number of hydrogen-bond acceptors (Lipinski definition) is 4. The van der Waals surface area contributed by atoms with E-state index in [0.29, 0.717) is 30.2 Å². The Balaban J connectivity index is 1.41. The van der Waals surface area contributed by atoms with Crippen LogP contribution in [0.4, 0.5) is 0 Å². The fraction of sp³-hybridized carbons (Fsp3) is 0.292. The van der Waals surface area contributed by atoms with Gasteiger partial charge in [-0.25, -0.2) is 9.78 Å². The lowest BCUT2D eigenvalue weighted by molar-refractivity contribution is -0.133. The number of pyridine rings is 1. The molecule has 1 fully saturated rings. The highest BCUT2D eigenvalue weighted by atomic mass is 32.1. The molecule has 1 unspecified atom stereocenters. The van der Waals surface area contributed by atoms with Crippen LogP contribution < -0.4 is 5.69 Å². The lowest BCUT2D eigenvalue weighted by atomic mass is 9.90. The molecule has 6 nitrogen and oxygen atoms in total. The second kappa shape index (κ2) is 8.51. The van der Waals surface area contributed by atoms with Crippen molar-refractivity contribution >= 4 is 28.4 Å². The number of hydrogen-bond donors (Lipinski definition) is 0. The Morgan fingerprint density at radius 3 is 2.74 bits per heavy atom. The van der Waals surface area contributed by atoms with E-state index in [1.165, 1.54) is 5.56 Å². The summed E-state index contributed by atoms with van der Waals surface area (Å²) in [4.78, 5) is 33.9. The number of carbonyl (C=O) groups excluding carboxylic acids is 1. The van der Waals surface area contributed by atoms with Crippen LogP contribution in [0.1, 0.15) is 29.2 Å². The molecule has 3 aromatic heterocycles. The molecular formula is C24H24N4O2S. The number of carbonyl (C=O) groups is 1. The Labute approximate surface area is 184 Å². The number of imidazole rings is 1. The number of fused-ring (bicyclic) bond motifs is 1. The van der Waals surface area contributed by atoms with Gasteiger partial charge in [-0.1, -0.05) is 36.4 Å². The van der Waals surface area contributed by atoms with E-state index in [2.05, 4.69) is 17.1 Å². The number of likely N-dealkylation sites (tertiary alicyclic amines) is 1. The number of amides is 1. The molecule has 5 rings (SSSR count). The van der Waals surface area contributed by atoms with E-state index in [-0.39, 0.29) is 18.1 Å². The Morgan fingerprint density at radius 2 is 1.94 bits per heavy atom. The second-order valence-corrected chi connectivity index (χ2v) is 9.00. The average molecular weight is 433 g/mol. The first-order chi connectivity index (χ1) is 15.2. The van der Waals surface area contributed by atoms with Gasteiger partial charge in [0.25, 0.3) is 0 Å². The van der Waals surface area contributed by atoms with E-state index in [4.69, 9.17) is 0 Å². The molecule has 0 N–H and O–H groups in total. The maximum absolute atomic E-state index is 13.2. The quantitative estimate of drug-likeness (QED) is 0.483. The number of piperidine rings is 1. The zero-order chi connectivity index (χ0) is 21.2. The van der Waals surface area contributed by atoms with Gasteiger partial charge in [-0.3, -0.25) is 13.9 Å². The minimum Gasteiger partial charge on any atom is -0.341 e. The summed E-state index contributed by atoms with van der Waals surface area (Å²) < 4.78 is 3.24. The second-order valence-electron chi connectivity index (χ2n) is 7.97. The van der Waals surface area contributed by atoms with Crippen molar-refractivity contribution in [2.75, 3.05) is 13.1 Å². The van der Waals surface area contributed by atoms with Gasteiger partial charge in [-0.2, -0.15) is 0 Å². The minimum absolute atomic E-state index is 0.0123. The molecule has 0 saturated carbocycles. The molecule has 1 atom stereocenters. The average Bonchev–Trinajstić information content (AvgIpc) is 3.43. The Bertz CT molecular complexity index is 1240. The first-order valence-corrected chi connectivity index (χ1v) is 11.5. The molecule has 1 aromatic carbocycles. The first kappa shape index (κ1) is 19.8. The Kier molecular flexibility index (Phi) is 5.42. The monoisotopic (exact) mass is 432 g/mol. The van der Waals surface area contributed by atoms with Crippen LogP contribution >= 0.6 is 11.3 Å². The zero-order valence-corrected chi connectivity index (χ0v) is 18.0. The van der Waals surface area contributed by atoms with E-state index < -0.39 is 0 Å². The first-order valence-electron chi connectivity index (χ1n) is 10.6. The fourth-order valence-electron chi connectivity index (χ4n) is 4.44. The molecular weight excluding hydrogens is 408 g/mol. The summed E-state index contributed by atoms with van der Waals surface area (Å²) >= 11 is 1.61. The highest BCUT2D eigenvalue weighted by molar-refractivity contribution is 7.09. The Morgan fingerprint density at radius 1 is 1.06 bits per heavy atom. The van der Waals surface area contributed by atoms with E-state index in [1.54, 1.807) is 26.7 Å². The molecule has 158 valence electrons. The van der Waals surface area contributed by atoms with Gasteiger partial charge in [-0.15, -0.1) is 11.3 Å². The summed E-state index contributed by atoms with van der Waals surface area (Å²) in [6.07, 6.45) is 3.74. The number of nitrogens with zero attached hydrogens (tertiary/aromatic N) is 4. The smallest absolute Gasteiger partial charge is 0.331 e. The van der Waals surface area contributed by atoms with Crippen molar-refractivity contribution in [1.82, 2.24) is 19.0 Å². The van der Waals surface area contributed by atoms with Crippen molar-refractivity contribution in [1.29, 1.82) is 0 Å². The van der Waals surface area contributed by atoms with Crippen molar-refractivity contribution in [3.05, 3.63) is 87.1 Å². The molecule has 1 saturated heterocycles. The van der Waals surface area contributed by atoms with Gasteiger partial charge in [0.05, 0.1) is 12.1 Å². The number of benzene rings is 1. The molecule has 4 heterocycles. The van der Waals surface area contributed by atoms with Crippen molar-refractivity contribution in [3.8, 4) is 0 Å². The van der Waals surface area contributed by atoms with Crippen LogP contribution in [0, 0.1) is 0 Å². The third-order valence-electron chi connectivity index (χ3n) is 6.01. The summed E-state index contributed by atoms with van der Waals surface area (Å²) in [7, 11) is 0. The molecule has 0 bridgehead atoms. The van der Waals surface area contributed by atoms with Gasteiger partial charge in [0.2, 0.25) is 5.91 Å². The number of rotatable bonds is 5.